The van der Waals surface area contributed by atoms with Gasteiger partial charge in [-0.1, -0.05) is 30.7 Å². The summed E-state index contributed by atoms with van der Waals surface area (Å²) in [5.41, 5.74) is 2.89. The first-order chi connectivity index (χ1) is 15.2. The zero-order valence-electron chi connectivity index (χ0n) is 19.1. The van der Waals surface area contributed by atoms with Crippen LogP contribution in [0.4, 0.5) is 5.69 Å². The second-order valence-corrected chi connectivity index (χ2v) is 10.3. The average Bonchev–Trinajstić information content (AvgIpc) is 2.78. The van der Waals surface area contributed by atoms with E-state index in [4.69, 9.17) is 4.74 Å². The lowest BCUT2D eigenvalue weighted by molar-refractivity contribution is -0.127. The molecule has 3 rings (SSSR count). The number of nitrogens with one attached hydrogen (secondary N) is 1. The van der Waals surface area contributed by atoms with Crippen LogP contribution in [0.5, 0.6) is 5.75 Å². The van der Waals surface area contributed by atoms with E-state index >= 15 is 0 Å². The molecule has 1 aliphatic heterocycles. The Kier molecular flexibility index (Phi) is 8.15. The fourth-order valence-electron chi connectivity index (χ4n) is 3.75. The Morgan fingerprint density at radius 3 is 2.31 bits per heavy atom. The maximum Gasteiger partial charge on any atom is 0.261 e. The number of sulfonamides is 1. The number of carbonyl (C=O) groups excluding carboxylic acids is 1. The summed E-state index contributed by atoms with van der Waals surface area (Å²) >= 11 is 0. The van der Waals surface area contributed by atoms with Crippen LogP contribution in [0.1, 0.15) is 37.3 Å². The quantitative estimate of drug-likeness (QED) is 0.623. The fraction of sp³-hybridized carbons (Fsp3) is 0.458. The normalized spacial score (nSPS) is 15.7. The number of rotatable bonds is 9. The van der Waals surface area contributed by atoms with Gasteiger partial charge in [-0.2, -0.15) is 0 Å². The van der Waals surface area contributed by atoms with Gasteiger partial charge in [0.05, 0.1) is 11.9 Å². The molecule has 1 saturated heterocycles. The summed E-state index contributed by atoms with van der Waals surface area (Å²) < 4.78 is 30.2. The van der Waals surface area contributed by atoms with Gasteiger partial charge in [-0.15, -0.1) is 0 Å². The van der Waals surface area contributed by atoms with Crippen LogP contribution in [0.2, 0.25) is 0 Å². The number of carbonyl (C=O) groups is 1. The molecule has 2 aromatic rings. The molecule has 0 spiro atoms. The largest absolute Gasteiger partial charge is 0.481 e. The summed E-state index contributed by atoms with van der Waals surface area (Å²) in [4.78, 5) is 15.1. The molecule has 32 heavy (non-hydrogen) atoms. The van der Waals surface area contributed by atoms with Gasteiger partial charge < -0.3 is 10.1 Å². The number of likely N-dealkylation sites (tertiary alicyclic amines) is 1. The summed E-state index contributed by atoms with van der Waals surface area (Å²) in [6.07, 6.45) is 4.28. The van der Waals surface area contributed by atoms with E-state index in [2.05, 4.69) is 22.3 Å². The molecule has 0 aromatic heterocycles. The highest BCUT2D eigenvalue weighted by Gasteiger charge is 2.17. The van der Waals surface area contributed by atoms with Crippen LogP contribution in [0.15, 0.2) is 48.5 Å². The molecule has 1 heterocycles. The number of anilines is 1. The van der Waals surface area contributed by atoms with Gasteiger partial charge in [0.15, 0.2) is 6.10 Å². The second-order valence-electron chi connectivity index (χ2n) is 8.31. The predicted molar refractivity (Wildman–Crippen MR) is 127 cm³/mol. The van der Waals surface area contributed by atoms with Crippen molar-refractivity contribution in [2.75, 3.05) is 30.7 Å². The van der Waals surface area contributed by atoms with Crippen LogP contribution in [-0.2, 0) is 27.9 Å². The first kappa shape index (κ1) is 24.1. The minimum atomic E-state index is -3.33. The number of amides is 1. The van der Waals surface area contributed by atoms with Gasteiger partial charge in [0.2, 0.25) is 10.0 Å². The van der Waals surface area contributed by atoms with E-state index in [9.17, 15) is 13.2 Å². The van der Waals surface area contributed by atoms with Gasteiger partial charge in [-0.3, -0.25) is 14.0 Å². The number of hydrogen-bond acceptors (Lipinski definition) is 5. The maximum atomic E-state index is 12.6. The topological polar surface area (TPSA) is 78.9 Å². The van der Waals surface area contributed by atoms with Crippen molar-refractivity contribution in [3.63, 3.8) is 0 Å². The van der Waals surface area contributed by atoms with Crippen molar-refractivity contribution in [2.24, 2.45) is 0 Å². The standard InChI is InChI=1S/C24H33N3O4S/c1-19(31-23-13-11-22(12-14-23)26(2)32(3,29)30)24(28)25-17-20-9-5-6-10-21(20)18-27-15-7-4-8-16-27/h5-6,9-14,19H,4,7-8,15-18H2,1-3H3,(H,25,28). The predicted octanol–water partition coefficient (Wildman–Crippen LogP) is 3.15. The molecule has 1 amide bonds. The Morgan fingerprint density at radius 1 is 1.06 bits per heavy atom. The van der Waals surface area contributed by atoms with Gasteiger partial charge in [0.1, 0.15) is 5.75 Å². The smallest absolute Gasteiger partial charge is 0.261 e. The number of piperidine rings is 1. The minimum absolute atomic E-state index is 0.199. The minimum Gasteiger partial charge on any atom is -0.481 e. The summed E-state index contributed by atoms with van der Waals surface area (Å²) in [6, 6.07) is 14.9. The van der Waals surface area contributed by atoms with Gasteiger partial charge >= 0.3 is 0 Å². The van der Waals surface area contributed by atoms with Crippen molar-refractivity contribution < 1.29 is 17.9 Å². The zero-order chi connectivity index (χ0) is 23.1. The lowest BCUT2D eigenvalue weighted by Gasteiger charge is -2.27. The van der Waals surface area contributed by atoms with Crippen LogP contribution in [0.3, 0.4) is 0 Å². The summed E-state index contributed by atoms with van der Waals surface area (Å²) in [6.45, 7) is 5.32. The van der Waals surface area contributed by atoms with Crippen LogP contribution in [-0.4, -0.2) is 51.7 Å². The van der Waals surface area contributed by atoms with Crippen LogP contribution >= 0.6 is 0 Å². The first-order valence-corrected chi connectivity index (χ1v) is 12.9. The molecular formula is C24H33N3O4S. The molecule has 174 valence electrons. The van der Waals surface area contributed by atoms with Crippen molar-refractivity contribution >= 4 is 21.6 Å². The highest BCUT2D eigenvalue weighted by atomic mass is 32.2. The molecule has 1 unspecified atom stereocenters. The summed E-state index contributed by atoms with van der Waals surface area (Å²) in [5, 5.41) is 2.98. The molecular weight excluding hydrogens is 426 g/mol. The van der Waals surface area contributed by atoms with Gasteiger partial charge in [-0.25, -0.2) is 8.42 Å². The average molecular weight is 460 g/mol. The molecule has 2 aromatic carbocycles. The number of hydrogen-bond donors (Lipinski definition) is 1. The SMILES string of the molecule is CC(Oc1ccc(N(C)S(C)(=O)=O)cc1)C(=O)NCc1ccccc1CN1CCCCC1. The van der Waals surface area contributed by atoms with Gasteiger partial charge in [0.25, 0.3) is 5.91 Å². The van der Waals surface area contributed by atoms with Crippen molar-refractivity contribution in [3.05, 3.63) is 59.7 Å². The molecule has 1 atom stereocenters. The van der Waals surface area contributed by atoms with E-state index in [1.807, 2.05) is 12.1 Å². The van der Waals surface area contributed by atoms with Crippen molar-refractivity contribution in [1.29, 1.82) is 0 Å². The maximum absolute atomic E-state index is 12.6. The van der Waals surface area contributed by atoms with E-state index in [0.717, 1.165) is 31.5 Å². The zero-order valence-corrected chi connectivity index (χ0v) is 19.9. The highest BCUT2D eigenvalue weighted by molar-refractivity contribution is 7.92. The molecule has 8 heteroatoms. The van der Waals surface area contributed by atoms with Crippen LogP contribution in [0, 0.1) is 0 Å². The Hall–Kier alpha value is -2.58. The van der Waals surface area contributed by atoms with E-state index in [0.29, 0.717) is 18.0 Å². The van der Waals surface area contributed by atoms with Crippen LogP contribution < -0.4 is 14.4 Å². The van der Waals surface area contributed by atoms with E-state index < -0.39 is 16.1 Å². The Labute approximate surface area is 191 Å². The third kappa shape index (κ3) is 6.71. The highest BCUT2D eigenvalue weighted by Crippen LogP contribution is 2.21. The molecule has 1 N–H and O–H groups in total. The second kappa shape index (κ2) is 10.8. The molecule has 0 radical (unpaired) electrons. The molecule has 0 aliphatic carbocycles. The Morgan fingerprint density at radius 2 is 1.69 bits per heavy atom. The van der Waals surface area contributed by atoms with Crippen molar-refractivity contribution in [2.45, 2.75) is 45.4 Å². The fourth-order valence-corrected chi connectivity index (χ4v) is 4.26. The van der Waals surface area contributed by atoms with E-state index in [-0.39, 0.29) is 5.91 Å². The van der Waals surface area contributed by atoms with Crippen LogP contribution in [0.25, 0.3) is 0 Å². The van der Waals surface area contributed by atoms with Gasteiger partial charge in [0, 0.05) is 20.1 Å². The molecule has 7 nitrogen and oxygen atoms in total. The first-order valence-electron chi connectivity index (χ1n) is 11.0. The van der Waals surface area contributed by atoms with E-state index in [1.165, 1.54) is 36.2 Å². The Balaban J connectivity index is 1.54. The monoisotopic (exact) mass is 459 g/mol. The molecule has 0 bridgehead atoms. The van der Waals surface area contributed by atoms with E-state index in [1.54, 1.807) is 31.2 Å². The number of benzene rings is 2. The lowest BCUT2D eigenvalue weighted by atomic mass is 10.0. The Bertz CT molecular complexity index is 1000. The lowest BCUT2D eigenvalue weighted by Crippen LogP contribution is -2.36. The van der Waals surface area contributed by atoms with Crippen molar-refractivity contribution in [1.82, 2.24) is 10.2 Å². The summed E-state index contributed by atoms with van der Waals surface area (Å²) in [5.74, 6) is 0.305. The van der Waals surface area contributed by atoms with Gasteiger partial charge in [-0.05, 0) is 68.2 Å². The van der Waals surface area contributed by atoms with Crippen molar-refractivity contribution in [3.8, 4) is 5.75 Å². The number of nitrogens with zero attached hydrogens (tertiary/aromatic N) is 2. The number of ether oxygens (including phenoxy) is 1. The third-order valence-corrected chi connectivity index (χ3v) is 7.00. The molecule has 0 saturated carbocycles. The molecule has 1 fully saturated rings. The third-order valence-electron chi connectivity index (χ3n) is 5.79. The summed E-state index contributed by atoms with van der Waals surface area (Å²) in [7, 11) is -1.84. The molecule has 1 aliphatic rings.